The number of likely N-dealkylation sites (tertiary alicyclic amines) is 1. The lowest BCUT2D eigenvalue weighted by molar-refractivity contribution is -0.138. The Morgan fingerprint density at radius 3 is 2.73 bits per heavy atom. The zero-order valence-corrected chi connectivity index (χ0v) is 18.3. The Morgan fingerprint density at radius 1 is 1.30 bits per heavy atom. The van der Waals surface area contributed by atoms with E-state index in [1.807, 2.05) is 32.2 Å². The number of hydrogen-bond acceptors (Lipinski definition) is 5. The highest BCUT2D eigenvalue weighted by Crippen LogP contribution is 2.30. The van der Waals surface area contributed by atoms with E-state index in [2.05, 4.69) is 10.6 Å². The van der Waals surface area contributed by atoms with E-state index in [1.165, 1.54) is 11.3 Å². The van der Waals surface area contributed by atoms with Gasteiger partial charge in [0.2, 0.25) is 17.7 Å². The van der Waals surface area contributed by atoms with Crippen molar-refractivity contribution in [1.82, 2.24) is 20.4 Å². The van der Waals surface area contributed by atoms with E-state index < -0.39 is 12.1 Å². The van der Waals surface area contributed by atoms with Gasteiger partial charge in [0.15, 0.2) is 0 Å². The maximum Gasteiger partial charge on any atom is 0.264 e. The predicted molar refractivity (Wildman–Crippen MR) is 112 cm³/mol. The summed E-state index contributed by atoms with van der Waals surface area (Å²) in [6, 6.07) is 1.62. The Balaban J connectivity index is 1.50. The van der Waals surface area contributed by atoms with E-state index in [1.54, 1.807) is 15.9 Å². The van der Waals surface area contributed by atoms with Crippen molar-refractivity contribution in [2.24, 2.45) is 5.41 Å². The highest BCUT2D eigenvalue weighted by Gasteiger charge is 2.52. The van der Waals surface area contributed by atoms with Crippen LogP contribution in [0, 0.1) is 5.41 Å². The quantitative estimate of drug-likeness (QED) is 0.744. The molecule has 0 aliphatic carbocycles. The molecular formula is C21H28N4O4S. The van der Waals surface area contributed by atoms with Crippen LogP contribution in [0.4, 0.5) is 0 Å². The van der Waals surface area contributed by atoms with Crippen LogP contribution in [-0.2, 0) is 14.4 Å². The Bertz CT molecular complexity index is 863. The van der Waals surface area contributed by atoms with Crippen LogP contribution in [-0.4, -0.2) is 70.7 Å². The second-order valence-corrected chi connectivity index (χ2v) is 10.5. The zero-order chi connectivity index (χ0) is 21.6. The van der Waals surface area contributed by atoms with Crippen molar-refractivity contribution >= 4 is 35.0 Å². The molecule has 8 nitrogen and oxygen atoms in total. The number of thiophene rings is 1. The molecule has 3 aliphatic heterocycles. The first-order chi connectivity index (χ1) is 14.1. The zero-order valence-electron chi connectivity index (χ0n) is 17.5. The SMILES string of the molecule is CC(C)(C)CC(=O)NC1CC2C(=O)NC3CCN(C(=O)c4cccs4)C3C(=O)N2C1. The standard InChI is InChI=1S/C21H28N4O4S/c1-21(2,3)10-16(26)22-12-9-14-18(27)23-13-6-7-24(17(13)20(29)25(14)11-12)19(28)15-5-4-8-30-15/h4-5,8,12-14,17H,6-7,9-11H2,1-3H3,(H,22,26)(H,23,27). The first-order valence-electron chi connectivity index (χ1n) is 10.4. The van der Waals surface area contributed by atoms with Crippen LogP contribution in [0.2, 0.25) is 0 Å². The van der Waals surface area contributed by atoms with Gasteiger partial charge in [-0.25, -0.2) is 0 Å². The molecule has 1 aromatic rings. The van der Waals surface area contributed by atoms with Gasteiger partial charge in [-0.2, -0.15) is 0 Å². The fourth-order valence-corrected chi connectivity index (χ4v) is 5.34. The van der Waals surface area contributed by atoms with Crippen molar-refractivity contribution in [3.05, 3.63) is 22.4 Å². The molecule has 2 N–H and O–H groups in total. The first-order valence-corrected chi connectivity index (χ1v) is 11.3. The third-order valence-electron chi connectivity index (χ3n) is 5.91. The number of nitrogens with one attached hydrogen (secondary N) is 2. The summed E-state index contributed by atoms with van der Waals surface area (Å²) in [5.41, 5.74) is -0.139. The monoisotopic (exact) mass is 432 g/mol. The van der Waals surface area contributed by atoms with Gasteiger partial charge in [0.25, 0.3) is 5.91 Å². The minimum Gasteiger partial charge on any atom is -0.351 e. The van der Waals surface area contributed by atoms with Crippen molar-refractivity contribution in [3.8, 4) is 0 Å². The smallest absolute Gasteiger partial charge is 0.264 e. The average Bonchev–Trinajstić information content (AvgIpc) is 3.37. The van der Waals surface area contributed by atoms with Crippen LogP contribution in [0.3, 0.4) is 0 Å². The van der Waals surface area contributed by atoms with Gasteiger partial charge < -0.3 is 20.4 Å². The van der Waals surface area contributed by atoms with E-state index in [4.69, 9.17) is 0 Å². The summed E-state index contributed by atoms with van der Waals surface area (Å²) in [5, 5.41) is 7.79. The maximum atomic E-state index is 13.4. The summed E-state index contributed by atoms with van der Waals surface area (Å²) in [6.45, 7) is 6.70. The van der Waals surface area contributed by atoms with E-state index in [0.29, 0.717) is 30.7 Å². The number of rotatable bonds is 3. The summed E-state index contributed by atoms with van der Waals surface area (Å²) in [5.74, 6) is -0.661. The van der Waals surface area contributed by atoms with Crippen LogP contribution < -0.4 is 10.6 Å². The third-order valence-corrected chi connectivity index (χ3v) is 6.77. The van der Waals surface area contributed by atoms with Gasteiger partial charge in [0.1, 0.15) is 12.1 Å². The molecule has 1 aromatic heterocycles. The van der Waals surface area contributed by atoms with Gasteiger partial charge in [0, 0.05) is 25.6 Å². The van der Waals surface area contributed by atoms with Crippen LogP contribution in [0.15, 0.2) is 17.5 Å². The largest absolute Gasteiger partial charge is 0.351 e. The number of carbonyl (C=O) groups is 4. The lowest BCUT2D eigenvalue weighted by Crippen LogP contribution is -2.52. The van der Waals surface area contributed by atoms with Crippen molar-refractivity contribution in [2.45, 2.75) is 64.2 Å². The number of nitrogens with zero attached hydrogens (tertiary/aromatic N) is 2. The Kier molecular flexibility index (Phi) is 5.34. The van der Waals surface area contributed by atoms with E-state index in [0.717, 1.165) is 0 Å². The molecule has 9 heteroatoms. The molecule has 0 spiro atoms. The van der Waals surface area contributed by atoms with Crippen molar-refractivity contribution in [1.29, 1.82) is 0 Å². The first kappa shape index (κ1) is 20.8. The predicted octanol–water partition coefficient (Wildman–Crippen LogP) is 0.983. The maximum absolute atomic E-state index is 13.4. The lowest BCUT2D eigenvalue weighted by Gasteiger charge is -2.29. The van der Waals surface area contributed by atoms with Gasteiger partial charge in [-0.15, -0.1) is 11.3 Å². The fraction of sp³-hybridized carbons (Fsp3) is 0.619. The van der Waals surface area contributed by atoms with E-state index in [9.17, 15) is 19.2 Å². The molecule has 4 amide bonds. The summed E-state index contributed by atoms with van der Waals surface area (Å²) < 4.78 is 0. The minimum atomic E-state index is -0.697. The van der Waals surface area contributed by atoms with Crippen LogP contribution in [0.5, 0.6) is 0 Å². The molecule has 0 saturated carbocycles. The molecule has 3 saturated heterocycles. The average molecular weight is 433 g/mol. The summed E-state index contributed by atoms with van der Waals surface area (Å²) in [6.07, 6.45) is 1.33. The molecular weight excluding hydrogens is 404 g/mol. The summed E-state index contributed by atoms with van der Waals surface area (Å²) in [7, 11) is 0. The number of carbonyl (C=O) groups excluding carboxylic acids is 4. The van der Waals surface area contributed by atoms with Gasteiger partial charge in [-0.3, -0.25) is 19.2 Å². The molecule has 162 valence electrons. The lowest BCUT2D eigenvalue weighted by atomic mass is 9.92. The second kappa shape index (κ2) is 7.68. The van der Waals surface area contributed by atoms with Crippen molar-refractivity contribution in [2.75, 3.05) is 13.1 Å². The van der Waals surface area contributed by atoms with Crippen molar-refractivity contribution < 1.29 is 19.2 Å². The molecule has 4 rings (SSSR count). The molecule has 0 aromatic carbocycles. The number of fused-ring (bicyclic) bond motifs is 2. The molecule has 0 bridgehead atoms. The number of hydrogen-bond donors (Lipinski definition) is 2. The molecule has 3 aliphatic rings. The second-order valence-electron chi connectivity index (χ2n) is 9.57. The molecule has 4 heterocycles. The number of amides is 4. The Labute approximate surface area is 180 Å². The third kappa shape index (κ3) is 3.95. The van der Waals surface area contributed by atoms with Crippen LogP contribution in [0.25, 0.3) is 0 Å². The Hall–Kier alpha value is -2.42. The summed E-state index contributed by atoms with van der Waals surface area (Å²) in [4.78, 5) is 55.3. The molecule has 4 unspecified atom stereocenters. The van der Waals surface area contributed by atoms with Gasteiger partial charge >= 0.3 is 0 Å². The topological polar surface area (TPSA) is 98.8 Å². The van der Waals surface area contributed by atoms with E-state index >= 15 is 0 Å². The minimum absolute atomic E-state index is 0.0775. The van der Waals surface area contributed by atoms with Crippen LogP contribution in [0.1, 0.15) is 49.7 Å². The molecule has 30 heavy (non-hydrogen) atoms. The fourth-order valence-electron chi connectivity index (χ4n) is 4.66. The molecule has 0 radical (unpaired) electrons. The highest BCUT2D eigenvalue weighted by atomic mass is 32.1. The molecule has 3 fully saturated rings. The van der Waals surface area contributed by atoms with Gasteiger partial charge in [-0.1, -0.05) is 26.8 Å². The van der Waals surface area contributed by atoms with Crippen molar-refractivity contribution in [3.63, 3.8) is 0 Å². The van der Waals surface area contributed by atoms with Gasteiger partial charge in [-0.05, 0) is 29.7 Å². The van der Waals surface area contributed by atoms with E-state index in [-0.39, 0.29) is 47.7 Å². The normalized spacial score (nSPS) is 28.6. The highest BCUT2D eigenvalue weighted by molar-refractivity contribution is 7.12. The van der Waals surface area contributed by atoms with Crippen LogP contribution >= 0.6 is 11.3 Å². The molecule has 4 atom stereocenters. The Morgan fingerprint density at radius 2 is 2.07 bits per heavy atom. The van der Waals surface area contributed by atoms with Gasteiger partial charge in [0.05, 0.1) is 10.9 Å². The summed E-state index contributed by atoms with van der Waals surface area (Å²) >= 11 is 1.34.